The smallest absolute Gasteiger partial charge is 0.295 e. The molecule has 0 spiro atoms. The minimum atomic E-state index is -0.705. The van der Waals surface area contributed by atoms with Crippen molar-refractivity contribution in [2.45, 2.75) is 58.9 Å². The van der Waals surface area contributed by atoms with Crippen LogP contribution in [0, 0.1) is 6.92 Å². The van der Waals surface area contributed by atoms with Gasteiger partial charge in [-0.2, -0.15) is 0 Å². The molecule has 35 heavy (non-hydrogen) atoms. The van der Waals surface area contributed by atoms with Gasteiger partial charge in [-0.3, -0.25) is 9.59 Å². The van der Waals surface area contributed by atoms with Crippen molar-refractivity contribution in [1.29, 1.82) is 0 Å². The van der Waals surface area contributed by atoms with Crippen LogP contribution in [-0.4, -0.2) is 49.1 Å². The number of carbonyl (C=O) groups is 2. The summed E-state index contributed by atoms with van der Waals surface area (Å²) >= 11 is 0. The average Bonchev–Trinajstić information content (AvgIpc) is 3.06. The van der Waals surface area contributed by atoms with Crippen molar-refractivity contribution in [3.8, 4) is 5.75 Å². The van der Waals surface area contributed by atoms with Crippen LogP contribution >= 0.6 is 0 Å². The second-order valence-electron chi connectivity index (χ2n) is 10.4. The van der Waals surface area contributed by atoms with Crippen LogP contribution in [0.25, 0.3) is 5.76 Å². The zero-order valence-corrected chi connectivity index (χ0v) is 22.1. The van der Waals surface area contributed by atoms with Gasteiger partial charge in [0.05, 0.1) is 25.3 Å². The molecule has 0 aromatic heterocycles. The highest BCUT2D eigenvalue weighted by Gasteiger charge is 2.46. The van der Waals surface area contributed by atoms with Gasteiger partial charge in [-0.1, -0.05) is 58.9 Å². The molecule has 6 nitrogen and oxygen atoms in total. The van der Waals surface area contributed by atoms with Gasteiger partial charge in [0.25, 0.3) is 11.7 Å². The van der Waals surface area contributed by atoms with E-state index in [9.17, 15) is 14.7 Å². The summed E-state index contributed by atoms with van der Waals surface area (Å²) in [4.78, 5) is 27.9. The predicted molar refractivity (Wildman–Crippen MR) is 138 cm³/mol. The van der Waals surface area contributed by atoms with Crippen LogP contribution in [0.15, 0.2) is 42.0 Å². The van der Waals surface area contributed by atoms with Gasteiger partial charge < -0.3 is 19.5 Å². The number of benzene rings is 2. The van der Waals surface area contributed by atoms with E-state index in [1.54, 1.807) is 14.2 Å². The van der Waals surface area contributed by atoms with Crippen molar-refractivity contribution in [2.75, 3.05) is 27.4 Å². The van der Waals surface area contributed by atoms with E-state index < -0.39 is 17.7 Å². The third kappa shape index (κ3) is 5.13. The van der Waals surface area contributed by atoms with E-state index in [1.165, 1.54) is 4.90 Å². The van der Waals surface area contributed by atoms with E-state index >= 15 is 0 Å². The summed E-state index contributed by atoms with van der Waals surface area (Å²) < 4.78 is 10.7. The zero-order chi connectivity index (χ0) is 26.1. The summed E-state index contributed by atoms with van der Waals surface area (Å²) in [6.45, 7) is 12.8. The Bertz CT molecular complexity index is 1140. The summed E-state index contributed by atoms with van der Waals surface area (Å²) in [5.74, 6) is -0.630. The second kappa shape index (κ2) is 10.2. The largest absolute Gasteiger partial charge is 0.507 e. The number of hydrogen-bond acceptors (Lipinski definition) is 5. The van der Waals surface area contributed by atoms with Crippen molar-refractivity contribution in [1.82, 2.24) is 4.90 Å². The number of aliphatic hydroxyl groups is 1. The van der Waals surface area contributed by atoms with Gasteiger partial charge >= 0.3 is 0 Å². The van der Waals surface area contributed by atoms with Crippen LogP contribution in [0.5, 0.6) is 5.75 Å². The lowest BCUT2D eigenvalue weighted by Crippen LogP contribution is -2.32. The summed E-state index contributed by atoms with van der Waals surface area (Å²) in [5.41, 5.74) is 4.16. The topological polar surface area (TPSA) is 76.1 Å². The molecule has 1 atom stereocenters. The normalized spacial score (nSPS) is 18.0. The Morgan fingerprint density at radius 3 is 2.23 bits per heavy atom. The predicted octanol–water partition coefficient (Wildman–Crippen LogP) is 5.49. The first kappa shape index (κ1) is 26.5. The molecule has 0 aliphatic carbocycles. The maximum Gasteiger partial charge on any atom is 0.295 e. The molecule has 1 fully saturated rings. The molecular formula is C29H37NO5. The maximum absolute atomic E-state index is 13.3. The molecule has 2 aromatic carbocycles. The monoisotopic (exact) mass is 479 g/mol. The molecule has 0 saturated carbocycles. The Balaban J connectivity index is 2.23. The molecule has 1 amide bonds. The molecule has 1 heterocycles. The lowest BCUT2D eigenvalue weighted by molar-refractivity contribution is -0.140. The van der Waals surface area contributed by atoms with Gasteiger partial charge in [-0.25, -0.2) is 0 Å². The number of ether oxygens (including phenoxy) is 2. The highest BCUT2D eigenvalue weighted by Crippen LogP contribution is 2.41. The number of hydrogen-bond donors (Lipinski definition) is 1. The van der Waals surface area contributed by atoms with Crippen molar-refractivity contribution < 1.29 is 24.2 Å². The standard InChI is InChI=1S/C29H37NO5/c1-17(2)21-16-22(18(3)15-23(21)35-8)26(31)24-25(30(13-14-34-7)28(33)27(24)32)19-9-11-20(12-10-19)29(4,5)6/h9-12,15-17,25,31H,13-14H2,1-8H3/b26-24+. The van der Waals surface area contributed by atoms with Crippen molar-refractivity contribution in [3.05, 3.63) is 69.8 Å². The molecule has 6 heteroatoms. The number of likely N-dealkylation sites (tertiary alicyclic amines) is 1. The van der Waals surface area contributed by atoms with Crippen LogP contribution in [0.3, 0.4) is 0 Å². The highest BCUT2D eigenvalue weighted by molar-refractivity contribution is 6.46. The Morgan fingerprint density at radius 1 is 1.09 bits per heavy atom. The summed E-state index contributed by atoms with van der Waals surface area (Å²) in [6, 6.07) is 10.9. The molecular weight excluding hydrogens is 442 g/mol. The van der Waals surface area contributed by atoms with Crippen molar-refractivity contribution >= 4 is 17.4 Å². The molecule has 0 radical (unpaired) electrons. The van der Waals surface area contributed by atoms with Crippen LogP contribution in [0.4, 0.5) is 0 Å². The maximum atomic E-state index is 13.3. The van der Waals surface area contributed by atoms with Crippen LogP contribution in [0.2, 0.25) is 0 Å². The molecule has 0 bridgehead atoms. The Morgan fingerprint density at radius 2 is 1.71 bits per heavy atom. The molecule has 188 valence electrons. The quantitative estimate of drug-likeness (QED) is 0.323. The summed E-state index contributed by atoms with van der Waals surface area (Å²) in [5, 5.41) is 11.5. The number of carbonyl (C=O) groups excluding carboxylic acids is 2. The molecule has 1 aliphatic heterocycles. The second-order valence-corrected chi connectivity index (χ2v) is 10.4. The van der Waals surface area contributed by atoms with Gasteiger partial charge in [-0.15, -0.1) is 0 Å². The number of methoxy groups -OCH3 is 2. The van der Waals surface area contributed by atoms with Crippen LogP contribution in [0.1, 0.15) is 74.4 Å². The Kier molecular flexibility index (Phi) is 7.75. The van der Waals surface area contributed by atoms with Gasteiger partial charge in [0.15, 0.2) is 0 Å². The number of aliphatic hydroxyl groups excluding tert-OH is 1. The first-order valence-corrected chi connectivity index (χ1v) is 12.0. The molecule has 1 aliphatic rings. The fraction of sp³-hybridized carbons (Fsp3) is 0.448. The third-order valence-corrected chi connectivity index (χ3v) is 6.62. The zero-order valence-electron chi connectivity index (χ0n) is 22.1. The molecule has 1 unspecified atom stereocenters. The first-order valence-electron chi connectivity index (χ1n) is 12.0. The number of ketones is 1. The first-order chi connectivity index (χ1) is 16.4. The van der Waals surface area contributed by atoms with E-state index in [1.807, 2.05) is 57.2 Å². The minimum absolute atomic E-state index is 0.0379. The van der Waals surface area contributed by atoms with Crippen molar-refractivity contribution in [2.24, 2.45) is 0 Å². The molecule has 2 aromatic rings. The Hall–Kier alpha value is -3.12. The van der Waals surface area contributed by atoms with Gasteiger partial charge in [0.1, 0.15) is 11.5 Å². The van der Waals surface area contributed by atoms with Gasteiger partial charge in [-0.05, 0) is 52.6 Å². The fourth-order valence-corrected chi connectivity index (χ4v) is 4.54. The molecule has 1 saturated heterocycles. The highest BCUT2D eigenvalue weighted by atomic mass is 16.5. The molecule has 3 rings (SSSR count). The summed E-state index contributed by atoms with van der Waals surface area (Å²) in [7, 11) is 3.17. The third-order valence-electron chi connectivity index (χ3n) is 6.62. The Labute approximate surface area is 208 Å². The van der Waals surface area contributed by atoms with E-state index in [-0.39, 0.29) is 35.8 Å². The number of Topliss-reactive ketones (excluding diaryl/α,β-unsaturated/α-hetero) is 1. The molecule has 1 N–H and O–H groups in total. The lowest BCUT2D eigenvalue weighted by atomic mass is 9.85. The number of amides is 1. The minimum Gasteiger partial charge on any atom is -0.507 e. The van der Waals surface area contributed by atoms with Crippen LogP contribution < -0.4 is 4.74 Å². The number of nitrogens with zero attached hydrogens (tertiary/aromatic N) is 1. The number of rotatable bonds is 7. The van der Waals surface area contributed by atoms with Crippen LogP contribution in [-0.2, 0) is 19.7 Å². The van der Waals surface area contributed by atoms with E-state index in [0.717, 1.165) is 28.0 Å². The van der Waals surface area contributed by atoms with Gasteiger partial charge in [0.2, 0.25) is 0 Å². The SMILES string of the molecule is COCCN1C(=O)C(=O)/C(=C(/O)c2cc(C(C)C)c(OC)cc2C)C1c1ccc(C(C)(C)C)cc1. The van der Waals surface area contributed by atoms with E-state index in [2.05, 4.69) is 20.8 Å². The number of aryl methyl sites for hydroxylation is 1. The van der Waals surface area contributed by atoms with Crippen molar-refractivity contribution in [3.63, 3.8) is 0 Å². The average molecular weight is 480 g/mol. The lowest BCUT2D eigenvalue weighted by Gasteiger charge is -2.26. The van der Waals surface area contributed by atoms with E-state index in [0.29, 0.717) is 5.56 Å². The summed E-state index contributed by atoms with van der Waals surface area (Å²) in [6.07, 6.45) is 0. The van der Waals surface area contributed by atoms with E-state index in [4.69, 9.17) is 9.47 Å². The fourth-order valence-electron chi connectivity index (χ4n) is 4.54. The van der Waals surface area contributed by atoms with Gasteiger partial charge in [0, 0.05) is 19.2 Å².